The molecule has 26 heavy (non-hydrogen) atoms. The van der Waals surface area contributed by atoms with Gasteiger partial charge in [0.15, 0.2) is 0 Å². The number of anilines is 2. The molecule has 2 N–H and O–H groups in total. The molecule has 2 aromatic carbocycles. The predicted molar refractivity (Wildman–Crippen MR) is 103 cm³/mol. The van der Waals surface area contributed by atoms with E-state index in [9.17, 15) is 14.4 Å². The zero-order chi connectivity index (χ0) is 19.1. The maximum absolute atomic E-state index is 12.6. The largest absolute Gasteiger partial charge is 0.469 e. The summed E-state index contributed by atoms with van der Waals surface area (Å²) in [4.78, 5) is 35.7. The monoisotopic (exact) mass is 418 g/mol. The molecule has 0 unspecified atom stereocenters. The molecular formula is C19H19BrN2O4. The van der Waals surface area contributed by atoms with Crippen LogP contribution in [0.5, 0.6) is 0 Å². The molecule has 6 nitrogen and oxygen atoms in total. The first-order valence-corrected chi connectivity index (χ1v) is 8.78. The number of carbonyl (C=O) groups is 3. The number of ether oxygens (including phenoxy) is 1. The number of amides is 2. The van der Waals surface area contributed by atoms with E-state index in [1.807, 2.05) is 0 Å². The summed E-state index contributed by atoms with van der Waals surface area (Å²) in [6.07, 6.45) is 0.401. The summed E-state index contributed by atoms with van der Waals surface area (Å²) in [6.45, 7) is 1.75. The van der Waals surface area contributed by atoms with E-state index in [0.717, 1.165) is 0 Å². The molecule has 0 aliphatic carbocycles. The Morgan fingerprint density at radius 3 is 2.50 bits per heavy atom. The summed E-state index contributed by atoms with van der Waals surface area (Å²) in [5.41, 5.74) is 2.09. The van der Waals surface area contributed by atoms with Crippen LogP contribution in [0.25, 0.3) is 0 Å². The molecule has 0 heterocycles. The van der Waals surface area contributed by atoms with Crippen LogP contribution in [-0.4, -0.2) is 24.9 Å². The Morgan fingerprint density at radius 2 is 1.81 bits per heavy atom. The molecule has 0 fully saturated rings. The van der Waals surface area contributed by atoms with E-state index in [4.69, 9.17) is 0 Å². The van der Waals surface area contributed by atoms with Crippen molar-refractivity contribution < 1.29 is 19.1 Å². The number of methoxy groups -OCH3 is 1. The zero-order valence-electron chi connectivity index (χ0n) is 14.5. The average Bonchev–Trinajstić information content (AvgIpc) is 2.62. The van der Waals surface area contributed by atoms with Gasteiger partial charge in [0.1, 0.15) is 0 Å². The van der Waals surface area contributed by atoms with Crippen molar-refractivity contribution in [1.82, 2.24) is 0 Å². The summed E-state index contributed by atoms with van der Waals surface area (Å²) in [7, 11) is 1.32. The van der Waals surface area contributed by atoms with Crippen molar-refractivity contribution in [3.63, 3.8) is 0 Å². The molecule has 0 aliphatic rings. The lowest BCUT2D eigenvalue weighted by Crippen LogP contribution is -2.16. The maximum Gasteiger partial charge on any atom is 0.310 e. The van der Waals surface area contributed by atoms with Gasteiger partial charge in [0, 0.05) is 27.8 Å². The van der Waals surface area contributed by atoms with E-state index in [2.05, 4.69) is 31.3 Å². The number of nitrogens with one attached hydrogen (secondary N) is 2. The lowest BCUT2D eigenvalue weighted by molar-refractivity contribution is -0.139. The van der Waals surface area contributed by atoms with Gasteiger partial charge in [0.25, 0.3) is 5.91 Å². The van der Waals surface area contributed by atoms with Crippen LogP contribution in [0.2, 0.25) is 0 Å². The molecule has 2 aromatic rings. The smallest absolute Gasteiger partial charge is 0.310 e. The number of rotatable bonds is 6. The van der Waals surface area contributed by atoms with Gasteiger partial charge in [-0.1, -0.05) is 41.1 Å². The Kier molecular flexibility index (Phi) is 6.91. The Labute approximate surface area is 160 Å². The molecule has 0 atom stereocenters. The van der Waals surface area contributed by atoms with Gasteiger partial charge in [0.05, 0.1) is 13.5 Å². The van der Waals surface area contributed by atoms with Crippen molar-refractivity contribution in [2.45, 2.75) is 19.8 Å². The highest BCUT2D eigenvalue weighted by Crippen LogP contribution is 2.22. The third-order valence-electron chi connectivity index (χ3n) is 3.59. The van der Waals surface area contributed by atoms with Crippen LogP contribution in [0, 0.1) is 0 Å². The maximum atomic E-state index is 12.6. The molecule has 2 amide bonds. The van der Waals surface area contributed by atoms with Crippen LogP contribution in [0.1, 0.15) is 29.3 Å². The molecular weight excluding hydrogens is 400 g/mol. The van der Waals surface area contributed by atoms with Crippen molar-refractivity contribution in [1.29, 1.82) is 0 Å². The van der Waals surface area contributed by atoms with Crippen molar-refractivity contribution >= 4 is 45.1 Å². The molecule has 0 saturated carbocycles. The highest BCUT2D eigenvalue weighted by atomic mass is 79.9. The fourth-order valence-corrected chi connectivity index (χ4v) is 2.75. The van der Waals surface area contributed by atoms with Gasteiger partial charge in [-0.05, 0) is 29.8 Å². The second-order valence-electron chi connectivity index (χ2n) is 5.49. The lowest BCUT2D eigenvalue weighted by Gasteiger charge is -2.12. The van der Waals surface area contributed by atoms with Crippen LogP contribution in [0.3, 0.4) is 0 Å². The first kappa shape index (κ1) is 19.7. The minimum atomic E-state index is -0.390. The SMILES string of the molecule is CCC(=O)Nc1cc(Br)cc(C(=O)Nc2ccccc2CC(=O)OC)c1. The van der Waals surface area contributed by atoms with Gasteiger partial charge in [-0.2, -0.15) is 0 Å². The van der Waals surface area contributed by atoms with E-state index >= 15 is 0 Å². The Balaban J connectivity index is 2.23. The number of para-hydroxylation sites is 1. The summed E-state index contributed by atoms with van der Waals surface area (Å²) in [6, 6.07) is 12.0. The number of benzene rings is 2. The van der Waals surface area contributed by atoms with Crippen LogP contribution in [-0.2, 0) is 20.7 Å². The van der Waals surface area contributed by atoms with Crippen LogP contribution in [0.15, 0.2) is 46.9 Å². The molecule has 0 spiro atoms. The van der Waals surface area contributed by atoms with E-state index < -0.39 is 5.97 Å². The van der Waals surface area contributed by atoms with Crippen LogP contribution in [0.4, 0.5) is 11.4 Å². The number of carbonyl (C=O) groups excluding carboxylic acids is 3. The quantitative estimate of drug-likeness (QED) is 0.699. The summed E-state index contributed by atoms with van der Waals surface area (Å²) in [5, 5.41) is 5.52. The highest BCUT2D eigenvalue weighted by Gasteiger charge is 2.13. The van der Waals surface area contributed by atoms with Gasteiger partial charge in [0.2, 0.25) is 5.91 Å². The van der Waals surface area contributed by atoms with Crippen molar-refractivity contribution in [3.8, 4) is 0 Å². The number of halogens is 1. The highest BCUT2D eigenvalue weighted by molar-refractivity contribution is 9.10. The standard InChI is InChI=1S/C19H19BrN2O4/c1-3-17(23)21-15-9-13(8-14(20)11-15)19(25)22-16-7-5-4-6-12(16)10-18(24)26-2/h4-9,11H,3,10H2,1-2H3,(H,21,23)(H,22,25). The van der Waals surface area contributed by atoms with Gasteiger partial charge >= 0.3 is 5.97 Å². The number of hydrogen-bond donors (Lipinski definition) is 2. The van der Waals surface area contributed by atoms with E-state index in [0.29, 0.717) is 33.4 Å². The van der Waals surface area contributed by atoms with E-state index in [1.54, 1.807) is 49.4 Å². The Hall–Kier alpha value is -2.67. The van der Waals surface area contributed by atoms with Gasteiger partial charge in [-0.25, -0.2) is 0 Å². The minimum Gasteiger partial charge on any atom is -0.469 e. The third-order valence-corrected chi connectivity index (χ3v) is 4.05. The Bertz CT molecular complexity index is 836. The molecule has 0 radical (unpaired) electrons. The lowest BCUT2D eigenvalue weighted by atomic mass is 10.1. The molecule has 0 bridgehead atoms. The second-order valence-corrected chi connectivity index (χ2v) is 6.41. The van der Waals surface area contributed by atoms with Gasteiger partial charge in [-0.3, -0.25) is 14.4 Å². The van der Waals surface area contributed by atoms with E-state index in [1.165, 1.54) is 7.11 Å². The molecule has 2 rings (SSSR count). The van der Waals surface area contributed by atoms with Gasteiger partial charge in [-0.15, -0.1) is 0 Å². The topological polar surface area (TPSA) is 84.5 Å². The second kappa shape index (κ2) is 9.15. The zero-order valence-corrected chi connectivity index (χ0v) is 16.1. The predicted octanol–water partition coefficient (Wildman–Crippen LogP) is 3.77. The normalized spacial score (nSPS) is 10.1. The van der Waals surface area contributed by atoms with Crippen LogP contribution >= 0.6 is 15.9 Å². The first-order valence-electron chi connectivity index (χ1n) is 7.99. The number of esters is 1. The summed E-state index contributed by atoms with van der Waals surface area (Å²) < 4.78 is 5.35. The Morgan fingerprint density at radius 1 is 1.08 bits per heavy atom. The average molecular weight is 419 g/mol. The van der Waals surface area contributed by atoms with Gasteiger partial charge < -0.3 is 15.4 Å². The van der Waals surface area contributed by atoms with E-state index in [-0.39, 0.29) is 18.2 Å². The minimum absolute atomic E-state index is 0.0588. The van der Waals surface area contributed by atoms with Crippen molar-refractivity contribution in [2.24, 2.45) is 0 Å². The number of hydrogen-bond acceptors (Lipinski definition) is 4. The van der Waals surface area contributed by atoms with Crippen molar-refractivity contribution in [3.05, 3.63) is 58.1 Å². The summed E-state index contributed by atoms with van der Waals surface area (Å²) >= 11 is 3.34. The molecule has 136 valence electrons. The first-order chi connectivity index (χ1) is 12.4. The molecule has 0 aliphatic heterocycles. The third kappa shape index (κ3) is 5.42. The summed E-state index contributed by atoms with van der Waals surface area (Å²) in [5.74, 6) is -0.882. The molecule has 0 aromatic heterocycles. The fraction of sp³-hybridized carbons (Fsp3) is 0.211. The van der Waals surface area contributed by atoms with Crippen LogP contribution < -0.4 is 10.6 Å². The fourth-order valence-electron chi connectivity index (χ4n) is 2.26. The molecule has 7 heteroatoms. The molecule has 0 saturated heterocycles. The van der Waals surface area contributed by atoms with Crippen molar-refractivity contribution in [2.75, 3.05) is 17.7 Å².